The van der Waals surface area contributed by atoms with Crippen LogP contribution in [0.3, 0.4) is 0 Å². The standard InChI is InChI=1S/C45H52ClFN6O6.C45H52ClFN6O5/c1-44(2)42(45(3,4)43(44)59-29-15-16-34(48-5)32(46)24-29)50-38(55)28-13-11-27(12-14-28)10-8-6-7-9-19-51-20-22-52(23-21-51)36-26-31-30(25-33(36)47)40(57)53(41(31)58)35-17-18-37(54)49-39(35)56;1-44(2)42(45(3,4)43(44)58-32-15-14-30(26-48)34(46)24-32)50-39(55)29-12-10-28(11-13-29)9-7-5-6-8-18-51-19-21-52(22-20-51)37-25-33-31(23-35(37)47)27-53(41(33)57)36-16-17-38(54)49-40(36)56/h11-16,24-26,35,40,42-43,57H,6-10,17-23H2,1-4H3,(H,50,55)(H,49,54,56);10-15,23-25,36,42-43H,5-9,16-22,27H2,1-4H3,(H,50,55)(H,49,54,56). The van der Waals surface area contributed by atoms with Gasteiger partial charge in [-0.05, 0) is 154 Å². The number of amides is 8. The van der Waals surface area contributed by atoms with Crippen molar-refractivity contribution in [3.8, 4) is 17.6 Å². The van der Waals surface area contributed by atoms with E-state index in [2.05, 4.69) is 97.4 Å². The maximum Gasteiger partial charge on any atom is 0.257 e. The van der Waals surface area contributed by atoms with Crippen molar-refractivity contribution in [1.82, 2.24) is 40.9 Å². The average Bonchev–Trinajstić information content (AvgIpc) is 0.941. The number of carbonyl (C=O) groups is 8. The third kappa shape index (κ3) is 18.0. The van der Waals surface area contributed by atoms with Crippen molar-refractivity contribution in [2.24, 2.45) is 21.7 Å². The van der Waals surface area contributed by atoms with Crippen LogP contribution in [-0.4, -0.2) is 174 Å². The summed E-state index contributed by atoms with van der Waals surface area (Å²) in [6.07, 6.45) is 9.32. The molecule has 3 atom stereocenters. The Kier molecular flexibility index (Phi) is 25.6. The fraction of sp³-hybridized carbons (Fsp3) is 0.489. The van der Waals surface area contributed by atoms with E-state index in [9.17, 15) is 48.7 Å². The molecular weight excluding hydrogens is 1530 g/mol. The molecule has 8 amide bonds. The van der Waals surface area contributed by atoms with Gasteiger partial charge in [-0.15, -0.1) is 0 Å². The zero-order chi connectivity index (χ0) is 83.6. The average molecular weight is 1640 g/mol. The molecule has 14 rings (SSSR count). The molecule has 5 N–H and O–H groups in total. The molecule has 0 radical (unpaired) electrons. The lowest BCUT2D eigenvalue weighted by atomic mass is 9.49. The largest absolute Gasteiger partial charge is 0.489 e. The number of aliphatic hydroxyl groups excluding tert-OH is 1. The number of benzene rings is 6. The molecule has 2 saturated carbocycles. The fourth-order valence-corrected chi connectivity index (χ4v) is 19.8. The summed E-state index contributed by atoms with van der Waals surface area (Å²) >= 11 is 12.5. The maximum atomic E-state index is 15.4. The Balaban J connectivity index is 0.000000203. The molecule has 4 saturated heterocycles. The lowest BCUT2D eigenvalue weighted by Crippen LogP contribution is -2.74. The fourth-order valence-electron chi connectivity index (χ4n) is 19.4. The van der Waals surface area contributed by atoms with Crippen molar-refractivity contribution in [2.75, 3.05) is 75.2 Å². The lowest BCUT2D eigenvalue weighted by molar-refractivity contribution is -0.164. The van der Waals surface area contributed by atoms with Crippen LogP contribution in [0, 0.1) is 51.2 Å². The molecule has 8 aliphatic rings. The molecule has 6 fully saturated rings. The number of piperidine rings is 2. The molecule has 618 valence electrons. The van der Waals surface area contributed by atoms with Gasteiger partial charge in [-0.1, -0.05) is 135 Å². The van der Waals surface area contributed by atoms with Crippen LogP contribution in [0.4, 0.5) is 25.8 Å². The smallest absolute Gasteiger partial charge is 0.257 e. The number of halogens is 4. The Morgan fingerprint density at radius 2 is 1.01 bits per heavy atom. The Labute approximate surface area is 692 Å². The first kappa shape index (κ1) is 84.9. The molecule has 0 spiro atoms. The van der Waals surface area contributed by atoms with Gasteiger partial charge in [-0.3, -0.25) is 63.7 Å². The summed E-state index contributed by atoms with van der Waals surface area (Å²) in [5.41, 5.74) is 5.08. The van der Waals surface area contributed by atoms with Crippen molar-refractivity contribution < 1.29 is 61.7 Å². The maximum absolute atomic E-state index is 15.4. The summed E-state index contributed by atoms with van der Waals surface area (Å²) in [6.45, 7) is 31.7. The number of piperazine rings is 2. The molecule has 6 aromatic carbocycles. The van der Waals surface area contributed by atoms with Gasteiger partial charge in [-0.25, -0.2) is 13.6 Å². The Hall–Kier alpha value is -10.0. The van der Waals surface area contributed by atoms with Crippen molar-refractivity contribution in [1.29, 1.82) is 5.26 Å². The highest BCUT2D eigenvalue weighted by molar-refractivity contribution is 6.33. The third-order valence-electron chi connectivity index (χ3n) is 25.3. The highest BCUT2D eigenvalue weighted by Crippen LogP contribution is 2.57. The molecule has 3 unspecified atom stereocenters. The first-order valence-electron chi connectivity index (χ1n) is 40.9. The van der Waals surface area contributed by atoms with Gasteiger partial charge in [0, 0.05) is 139 Å². The number of nitrogens with zero attached hydrogens (tertiary/aromatic N) is 8. The van der Waals surface area contributed by atoms with Gasteiger partial charge >= 0.3 is 0 Å². The Morgan fingerprint density at radius 3 is 1.46 bits per heavy atom. The van der Waals surface area contributed by atoms with E-state index >= 15 is 8.78 Å². The number of anilines is 2. The second-order valence-corrected chi connectivity index (χ2v) is 35.6. The molecule has 6 aliphatic heterocycles. The summed E-state index contributed by atoms with van der Waals surface area (Å²) in [4.78, 5) is 116. The van der Waals surface area contributed by atoms with Crippen molar-refractivity contribution in [3.05, 3.63) is 192 Å². The number of imide groups is 2. The molecule has 0 aromatic heterocycles. The second kappa shape index (κ2) is 35.3. The summed E-state index contributed by atoms with van der Waals surface area (Å²) in [6, 6.07) is 31.8. The van der Waals surface area contributed by atoms with Crippen LogP contribution in [-0.2, 0) is 38.6 Å². The van der Waals surface area contributed by atoms with E-state index in [1.807, 2.05) is 58.3 Å². The van der Waals surface area contributed by atoms with Crippen LogP contribution < -0.4 is 40.5 Å². The number of aliphatic hydroxyl groups is 1. The highest BCUT2D eigenvalue weighted by atomic mass is 35.5. The van der Waals surface area contributed by atoms with Crippen molar-refractivity contribution in [2.45, 2.75) is 194 Å². The minimum Gasteiger partial charge on any atom is -0.489 e. The van der Waals surface area contributed by atoms with Gasteiger partial charge in [0.15, 0.2) is 6.23 Å². The van der Waals surface area contributed by atoms with Gasteiger partial charge < -0.3 is 39.9 Å². The first-order chi connectivity index (χ1) is 55.8. The van der Waals surface area contributed by atoms with E-state index in [0.717, 1.165) is 108 Å². The van der Waals surface area contributed by atoms with E-state index in [1.54, 1.807) is 42.5 Å². The van der Waals surface area contributed by atoms with Crippen molar-refractivity contribution in [3.63, 3.8) is 0 Å². The number of ether oxygens (including phenoxy) is 2. The van der Waals surface area contributed by atoms with Crippen LogP contribution >= 0.6 is 23.2 Å². The molecule has 2 aliphatic carbocycles. The molecular formula is C90H104Cl2F2N12O11. The normalized spacial score (nSPS) is 23.1. The number of fused-ring (bicyclic) bond motifs is 2. The van der Waals surface area contributed by atoms with Gasteiger partial charge in [0.05, 0.1) is 33.6 Å². The van der Waals surface area contributed by atoms with Gasteiger partial charge in [0.2, 0.25) is 29.3 Å². The van der Waals surface area contributed by atoms with Gasteiger partial charge in [0.25, 0.3) is 23.6 Å². The Morgan fingerprint density at radius 1 is 0.564 bits per heavy atom. The number of hydrogen-bond acceptors (Lipinski definition) is 16. The van der Waals surface area contributed by atoms with E-state index in [4.69, 9.17) is 39.2 Å². The minimum absolute atomic E-state index is 0.0601. The zero-order valence-electron chi connectivity index (χ0n) is 67.7. The van der Waals surface area contributed by atoms with E-state index in [0.29, 0.717) is 92.6 Å². The number of aryl methyl sites for hydroxylation is 2. The topological polar surface area (TPSA) is 271 Å². The van der Waals surface area contributed by atoms with Crippen LogP contribution in [0.5, 0.6) is 11.5 Å². The van der Waals surface area contributed by atoms with Crippen LogP contribution in [0.1, 0.15) is 208 Å². The zero-order valence-corrected chi connectivity index (χ0v) is 69.2. The SMILES string of the molecule is CC1(C)C(NC(=O)c2ccc(CCCCCCN3CCN(c4cc5c(cc4F)CN(C4CCC(=O)NC4=O)C5=O)CC3)cc2)C(C)(C)C1Oc1ccc(C#N)c(Cl)c1.[C-]#[N+]c1ccc(OC2C(C)(C)C(NC(=O)c3ccc(CCCCCCN4CCN(c5cc6c(cc5F)C(O)N(C5CCC(=O)NC5=O)C6=O)CC4)cc3)C2(C)C)cc1Cl. The first-order valence-corrected chi connectivity index (χ1v) is 41.6. The quantitative estimate of drug-likeness (QED) is 0.0192. The van der Waals surface area contributed by atoms with Gasteiger partial charge in [0.1, 0.15) is 53.5 Å². The molecule has 6 aromatic rings. The van der Waals surface area contributed by atoms with E-state index in [-0.39, 0.29) is 119 Å². The molecule has 27 heteroatoms. The molecule has 117 heavy (non-hydrogen) atoms. The van der Waals surface area contributed by atoms with Crippen LogP contribution in [0.2, 0.25) is 10.0 Å². The number of rotatable bonds is 26. The molecule has 6 heterocycles. The number of hydrogen-bond donors (Lipinski definition) is 5. The summed E-state index contributed by atoms with van der Waals surface area (Å²) in [5.74, 6) is -2.62. The van der Waals surface area contributed by atoms with Crippen molar-refractivity contribution >= 4 is 87.5 Å². The second-order valence-electron chi connectivity index (χ2n) is 34.8. The summed E-state index contributed by atoms with van der Waals surface area (Å²) in [7, 11) is 0. The number of unbranched alkanes of at least 4 members (excludes halogenated alkanes) is 6. The van der Waals surface area contributed by atoms with Gasteiger partial charge in [-0.2, -0.15) is 5.26 Å². The number of nitriles is 1. The minimum atomic E-state index is -1.46. The molecule has 23 nitrogen and oxygen atoms in total. The van der Waals surface area contributed by atoms with Crippen LogP contribution in [0.15, 0.2) is 109 Å². The molecule has 0 bridgehead atoms. The van der Waals surface area contributed by atoms with Crippen LogP contribution in [0.25, 0.3) is 4.85 Å². The van der Waals surface area contributed by atoms with E-state index in [1.165, 1.54) is 34.2 Å². The predicted octanol–water partition coefficient (Wildman–Crippen LogP) is 13.5. The van der Waals surface area contributed by atoms with E-state index < -0.39 is 47.8 Å². The number of nitrogens with one attached hydrogen (secondary N) is 4. The predicted molar refractivity (Wildman–Crippen MR) is 441 cm³/mol. The monoisotopic (exact) mass is 1640 g/mol. The summed E-state index contributed by atoms with van der Waals surface area (Å²) < 4.78 is 43.4. The lowest BCUT2D eigenvalue weighted by Gasteiger charge is -2.63. The highest BCUT2D eigenvalue weighted by Gasteiger charge is 2.65. The number of carbonyl (C=O) groups excluding carboxylic acids is 8. The Bertz CT molecular complexity index is 4860. The third-order valence-corrected chi connectivity index (χ3v) is 26.0. The summed E-state index contributed by atoms with van der Waals surface area (Å²) in [5, 5.41) is 31.8.